The van der Waals surface area contributed by atoms with Gasteiger partial charge < -0.3 is 24.2 Å². The molecule has 0 aromatic rings. The van der Waals surface area contributed by atoms with E-state index in [4.69, 9.17) is 14.2 Å². The molecular formula is C49H97NO6. The molecule has 334 valence electrons. The summed E-state index contributed by atoms with van der Waals surface area (Å²) in [4.78, 5) is 27.3. The second-order valence-corrected chi connectivity index (χ2v) is 17.0. The number of ether oxygens (including phenoxy) is 3. The number of nitrogens with zero attached hydrogens (tertiary/aromatic N) is 1. The number of hydrogen-bond donors (Lipinski definition) is 1. The molecule has 0 aliphatic heterocycles. The smallest absolute Gasteiger partial charge is 0.462 e. The maximum atomic E-state index is 12.7. The second-order valence-electron chi connectivity index (χ2n) is 17.0. The van der Waals surface area contributed by atoms with E-state index in [9.17, 15) is 14.7 Å². The highest BCUT2D eigenvalue weighted by atomic mass is 16.7. The second kappa shape index (κ2) is 44.8. The maximum absolute atomic E-state index is 12.7. The molecule has 0 aromatic carbocycles. The van der Waals surface area contributed by atoms with Crippen molar-refractivity contribution in [2.75, 3.05) is 39.5 Å². The van der Waals surface area contributed by atoms with Gasteiger partial charge in [0.25, 0.3) is 0 Å². The van der Waals surface area contributed by atoms with Gasteiger partial charge in [0.05, 0.1) is 19.8 Å². The Morgan fingerprint density at radius 2 is 0.857 bits per heavy atom. The van der Waals surface area contributed by atoms with E-state index in [-0.39, 0.29) is 18.7 Å². The standard InChI is InChI=1S/C49H97NO6/c1-5-9-13-17-20-28-36-47(37-29-21-18-14-10-6-2)56-48(52)38-30-22-19-23-31-40-50(42-43-51)41-32-24-25-33-44-54-49(53)55-45-39-46(34-26-15-11-7-3)35-27-16-12-8-4/h46-47,51H,5-45H2,1-4H3. The first-order chi connectivity index (χ1) is 27.5. The molecule has 0 aliphatic rings. The van der Waals surface area contributed by atoms with Crippen LogP contribution in [-0.2, 0) is 19.0 Å². The van der Waals surface area contributed by atoms with Gasteiger partial charge in [0.1, 0.15) is 6.10 Å². The number of carbonyl (C=O) groups is 2. The molecule has 7 nitrogen and oxygen atoms in total. The minimum atomic E-state index is -0.513. The molecular weight excluding hydrogens is 699 g/mol. The molecule has 0 saturated heterocycles. The van der Waals surface area contributed by atoms with Crippen LogP contribution in [0.4, 0.5) is 4.79 Å². The molecule has 0 fully saturated rings. The van der Waals surface area contributed by atoms with Gasteiger partial charge in [-0.05, 0) is 76.8 Å². The van der Waals surface area contributed by atoms with Gasteiger partial charge in [-0.15, -0.1) is 0 Å². The highest BCUT2D eigenvalue weighted by Gasteiger charge is 2.15. The molecule has 0 spiro atoms. The van der Waals surface area contributed by atoms with E-state index >= 15 is 0 Å². The van der Waals surface area contributed by atoms with Crippen LogP contribution in [0.5, 0.6) is 0 Å². The van der Waals surface area contributed by atoms with Crippen LogP contribution < -0.4 is 0 Å². The van der Waals surface area contributed by atoms with E-state index in [0.29, 0.717) is 25.6 Å². The summed E-state index contributed by atoms with van der Waals surface area (Å²) >= 11 is 0. The van der Waals surface area contributed by atoms with Crippen LogP contribution >= 0.6 is 0 Å². The molecule has 0 aliphatic carbocycles. The van der Waals surface area contributed by atoms with Crippen molar-refractivity contribution in [1.82, 2.24) is 4.90 Å². The predicted octanol–water partition coefficient (Wildman–Crippen LogP) is 14.7. The number of carbonyl (C=O) groups excluding carboxylic acids is 2. The van der Waals surface area contributed by atoms with Gasteiger partial charge in [0.2, 0.25) is 0 Å². The number of aliphatic hydroxyl groups excluding tert-OH is 1. The Labute approximate surface area is 348 Å². The van der Waals surface area contributed by atoms with Gasteiger partial charge in [-0.3, -0.25) is 4.79 Å². The zero-order valence-electron chi connectivity index (χ0n) is 38.1. The molecule has 0 bridgehead atoms. The largest absolute Gasteiger partial charge is 0.508 e. The predicted molar refractivity (Wildman–Crippen MR) is 238 cm³/mol. The lowest BCUT2D eigenvalue weighted by Crippen LogP contribution is -2.29. The number of aliphatic hydroxyl groups is 1. The monoisotopic (exact) mass is 796 g/mol. The lowest BCUT2D eigenvalue weighted by atomic mass is 9.92. The van der Waals surface area contributed by atoms with Gasteiger partial charge in [0, 0.05) is 13.0 Å². The molecule has 56 heavy (non-hydrogen) atoms. The molecule has 0 heterocycles. The molecule has 7 heteroatoms. The third-order valence-corrected chi connectivity index (χ3v) is 11.6. The van der Waals surface area contributed by atoms with Crippen molar-refractivity contribution >= 4 is 12.1 Å². The quantitative estimate of drug-likeness (QED) is 0.0485. The van der Waals surface area contributed by atoms with Crippen LogP contribution in [-0.4, -0.2) is 67.7 Å². The molecule has 0 radical (unpaired) electrons. The third kappa shape index (κ3) is 39.5. The first-order valence-electron chi connectivity index (χ1n) is 24.8. The molecule has 0 unspecified atom stereocenters. The van der Waals surface area contributed by atoms with Crippen LogP contribution in [0, 0.1) is 5.92 Å². The summed E-state index contributed by atoms with van der Waals surface area (Å²) in [6.07, 6.45) is 40.8. The number of unbranched alkanes of at least 4 members (excludes halogenated alkanes) is 23. The first-order valence-corrected chi connectivity index (χ1v) is 24.8. The number of hydrogen-bond acceptors (Lipinski definition) is 7. The highest BCUT2D eigenvalue weighted by molar-refractivity contribution is 5.69. The van der Waals surface area contributed by atoms with Crippen molar-refractivity contribution in [2.45, 2.75) is 259 Å². The van der Waals surface area contributed by atoms with Crippen molar-refractivity contribution in [3.05, 3.63) is 0 Å². The summed E-state index contributed by atoms with van der Waals surface area (Å²) in [6.45, 7) is 12.8. The Balaban J connectivity index is 4.09. The van der Waals surface area contributed by atoms with Crippen LogP contribution in [0.25, 0.3) is 0 Å². The lowest BCUT2D eigenvalue weighted by molar-refractivity contribution is -0.150. The summed E-state index contributed by atoms with van der Waals surface area (Å²) in [6, 6.07) is 0. The zero-order valence-corrected chi connectivity index (χ0v) is 38.1. The van der Waals surface area contributed by atoms with Gasteiger partial charge in [-0.2, -0.15) is 0 Å². The maximum Gasteiger partial charge on any atom is 0.508 e. The molecule has 0 atom stereocenters. The van der Waals surface area contributed by atoms with E-state index in [2.05, 4.69) is 32.6 Å². The molecule has 0 saturated carbocycles. The minimum Gasteiger partial charge on any atom is -0.462 e. The first kappa shape index (κ1) is 54.7. The average molecular weight is 796 g/mol. The average Bonchev–Trinajstić information content (AvgIpc) is 3.19. The van der Waals surface area contributed by atoms with Crippen molar-refractivity contribution < 1.29 is 28.9 Å². The van der Waals surface area contributed by atoms with E-state index in [1.54, 1.807) is 0 Å². The molecule has 0 rings (SSSR count). The summed E-state index contributed by atoms with van der Waals surface area (Å²) < 4.78 is 16.8. The van der Waals surface area contributed by atoms with Crippen molar-refractivity contribution in [3.8, 4) is 0 Å². The van der Waals surface area contributed by atoms with Crippen molar-refractivity contribution in [1.29, 1.82) is 0 Å². The molecule has 0 aromatic heterocycles. The minimum absolute atomic E-state index is 0.00729. The Hall–Kier alpha value is -1.34. The normalized spacial score (nSPS) is 11.6. The Kier molecular flexibility index (Phi) is 43.7. The van der Waals surface area contributed by atoms with E-state index in [0.717, 1.165) is 96.7 Å². The highest BCUT2D eigenvalue weighted by Crippen LogP contribution is 2.22. The topological polar surface area (TPSA) is 85.3 Å². The lowest BCUT2D eigenvalue weighted by Gasteiger charge is -2.21. The summed E-state index contributed by atoms with van der Waals surface area (Å²) in [5.41, 5.74) is 0. The SMILES string of the molecule is CCCCCCCCC(CCCCCCCC)OC(=O)CCCCCCCN(CCO)CCCCCCOC(=O)OCCC(CCCCCC)CCCCCC. The van der Waals surface area contributed by atoms with Crippen LogP contribution in [0.2, 0.25) is 0 Å². The number of rotatable bonds is 45. The van der Waals surface area contributed by atoms with Gasteiger partial charge >= 0.3 is 12.1 Å². The number of esters is 1. The third-order valence-electron chi connectivity index (χ3n) is 11.6. The Bertz CT molecular complexity index is 781. The summed E-state index contributed by atoms with van der Waals surface area (Å²) in [5, 5.41) is 9.59. The summed E-state index contributed by atoms with van der Waals surface area (Å²) in [5.74, 6) is 0.661. The van der Waals surface area contributed by atoms with Gasteiger partial charge in [0.15, 0.2) is 0 Å². The van der Waals surface area contributed by atoms with Crippen LogP contribution in [0.3, 0.4) is 0 Å². The Morgan fingerprint density at radius 3 is 1.38 bits per heavy atom. The van der Waals surface area contributed by atoms with Crippen molar-refractivity contribution in [2.24, 2.45) is 5.92 Å². The van der Waals surface area contributed by atoms with Crippen LogP contribution in [0.15, 0.2) is 0 Å². The van der Waals surface area contributed by atoms with E-state index in [1.807, 2.05) is 0 Å². The fourth-order valence-electron chi connectivity index (χ4n) is 7.87. The van der Waals surface area contributed by atoms with Crippen molar-refractivity contribution in [3.63, 3.8) is 0 Å². The fourth-order valence-corrected chi connectivity index (χ4v) is 7.87. The molecule has 0 amide bonds. The zero-order chi connectivity index (χ0) is 41.0. The van der Waals surface area contributed by atoms with Gasteiger partial charge in [-0.1, -0.05) is 188 Å². The van der Waals surface area contributed by atoms with Crippen LogP contribution in [0.1, 0.15) is 252 Å². The fraction of sp³-hybridized carbons (Fsp3) is 0.959. The van der Waals surface area contributed by atoms with E-state index < -0.39 is 6.16 Å². The Morgan fingerprint density at radius 1 is 0.446 bits per heavy atom. The molecule has 1 N–H and O–H groups in total. The van der Waals surface area contributed by atoms with E-state index in [1.165, 1.54) is 141 Å². The van der Waals surface area contributed by atoms with Gasteiger partial charge in [-0.25, -0.2) is 4.79 Å². The summed E-state index contributed by atoms with van der Waals surface area (Å²) in [7, 11) is 0.